The van der Waals surface area contributed by atoms with Crippen molar-refractivity contribution in [3.8, 4) is 5.75 Å². The fraction of sp³-hybridized carbons (Fsp3) is 0.462. The second-order valence-electron chi connectivity index (χ2n) is 9.03. The summed E-state index contributed by atoms with van der Waals surface area (Å²) < 4.78 is 31.9. The molecule has 1 atom stereocenters. The van der Waals surface area contributed by atoms with Gasteiger partial charge in [0.05, 0.1) is 28.6 Å². The number of hydrogen-bond donors (Lipinski definition) is 1. The minimum Gasteiger partial charge on any atom is -0.494 e. The van der Waals surface area contributed by atoms with Crippen LogP contribution in [0.1, 0.15) is 39.7 Å². The smallest absolute Gasteiger partial charge is 0.244 e. The predicted octanol–water partition coefficient (Wildman–Crippen LogP) is 4.74. The minimum absolute atomic E-state index is 0.0458. The number of nitrogens with one attached hydrogen (secondary N) is 1. The van der Waals surface area contributed by atoms with Crippen molar-refractivity contribution < 1.29 is 22.7 Å². The van der Waals surface area contributed by atoms with Gasteiger partial charge in [-0.1, -0.05) is 50.0 Å². The molecule has 2 amide bonds. The molecule has 0 saturated heterocycles. The lowest BCUT2D eigenvalue weighted by molar-refractivity contribution is -0.140. The lowest BCUT2D eigenvalue weighted by atomic mass is 10.1. The molecule has 11 heteroatoms. The van der Waals surface area contributed by atoms with E-state index in [1.807, 2.05) is 20.8 Å². The third kappa shape index (κ3) is 9.09. The molecule has 0 heterocycles. The number of ether oxygens (including phenoxy) is 1. The topological polar surface area (TPSA) is 96.0 Å². The SMILES string of the molecule is CCOc1ccc(N(CC(=O)N(Cc2ccc(Cl)c(Cl)c2)[C@@H](CC)C(=O)NCC(C)C)S(C)(=O)=O)cc1. The predicted molar refractivity (Wildman–Crippen MR) is 149 cm³/mol. The summed E-state index contributed by atoms with van der Waals surface area (Å²) in [6.07, 6.45) is 1.37. The summed E-state index contributed by atoms with van der Waals surface area (Å²) >= 11 is 12.2. The van der Waals surface area contributed by atoms with Crippen LogP contribution in [0.25, 0.3) is 0 Å². The van der Waals surface area contributed by atoms with E-state index in [0.29, 0.717) is 46.6 Å². The molecule has 2 aromatic carbocycles. The van der Waals surface area contributed by atoms with Crippen molar-refractivity contribution in [3.63, 3.8) is 0 Å². The summed E-state index contributed by atoms with van der Waals surface area (Å²) in [5.41, 5.74) is 0.968. The van der Waals surface area contributed by atoms with Gasteiger partial charge in [-0.25, -0.2) is 8.42 Å². The first-order chi connectivity index (χ1) is 17.4. The van der Waals surface area contributed by atoms with Crippen LogP contribution in [0.4, 0.5) is 5.69 Å². The Morgan fingerprint density at radius 1 is 1.03 bits per heavy atom. The van der Waals surface area contributed by atoms with E-state index in [4.69, 9.17) is 27.9 Å². The lowest BCUT2D eigenvalue weighted by Crippen LogP contribution is -2.52. The zero-order valence-corrected chi connectivity index (χ0v) is 24.2. The highest BCUT2D eigenvalue weighted by Crippen LogP contribution is 2.25. The Morgan fingerprint density at radius 3 is 2.19 bits per heavy atom. The maximum Gasteiger partial charge on any atom is 0.244 e. The molecule has 0 aliphatic rings. The molecule has 0 unspecified atom stereocenters. The maximum absolute atomic E-state index is 13.7. The molecule has 37 heavy (non-hydrogen) atoms. The normalized spacial score (nSPS) is 12.2. The average molecular weight is 573 g/mol. The van der Waals surface area contributed by atoms with Crippen LogP contribution < -0.4 is 14.4 Å². The molecule has 0 fully saturated rings. The molecule has 2 rings (SSSR count). The third-order valence-electron chi connectivity index (χ3n) is 5.52. The van der Waals surface area contributed by atoms with Gasteiger partial charge in [0, 0.05) is 13.1 Å². The van der Waals surface area contributed by atoms with Crippen molar-refractivity contribution >= 4 is 50.7 Å². The highest BCUT2D eigenvalue weighted by molar-refractivity contribution is 7.92. The molecule has 0 aromatic heterocycles. The van der Waals surface area contributed by atoms with E-state index >= 15 is 0 Å². The van der Waals surface area contributed by atoms with Gasteiger partial charge in [-0.05, 0) is 61.2 Å². The van der Waals surface area contributed by atoms with E-state index in [9.17, 15) is 18.0 Å². The average Bonchev–Trinajstić information content (AvgIpc) is 2.83. The van der Waals surface area contributed by atoms with Crippen LogP contribution >= 0.6 is 23.2 Å². The Bertz CT molecular complexity index is 1170. The number of carbonyl (C=O) groups is 2. The first-order valence-corrected chi connectivity index (χ1v) is 14.7. The summed E-state index contributed by atoms with van der Waals surface area (Å²) in [7, 11) is -3.83. The van der Waals surface area contributed by atoms with Crippen molar-refractivity contribution in [3.05, 3.63) is 58.1 Å². The van der Waals surface area contributed by atoms with Crippen LogP contribution in [-0.4, -0.2) is 57.1 Å². The molecule has 2 aromatic rings. The Morgan fingerprint density at radius 2 is 1.68 bits per heavy atom. The van der Waals surface area contributed by atoms with Gasteiger partial charge in [-0.2, -0.15) is 0 Å². The van der Waals surface area contributed by atoms with E-state index in [1.165, 1.54) is 4.90 Å². The fourth-order valence-electron chi connectivity index (χ4n) is 3.67. The van der Waals surface area contributed by atoms with E-state index in [-0.39, 0.29) is 18.4 Å². The molecule has 8 nitrogen and oxygen atoms in total. The van der Waals surface area contributed by atoms with Crippen LogP contribution in [0.15, 0.2) is 42.5 Å². The quantitative estimate of drug-likeness (QED) is 0.374. The molecular formula is C26H35Cl2N3O5S. The third-order valence-corrected chi connectivity index (χ3v) is 7.40. The number of halogens is 2. The number of nitrogens with zero attached hydrogens (tertiary/aromatic N) is 2. The van der Waals surface area contributed by atoms with Crippen molar-refractivity contribution in [1.29, 1.82) is 0 Å². The highest BCUT2D eigenvalue weighted by Gasteiger charge is 2.31. The number of rotatable bonds is 13. The van der Waals surface area contributed by atoms with Crippen LogP contribution in [0, 0.1) is 5.92 Å². The van der Waals surface area contributed by atoms with Crippen LogP contribution in [0.5, 0.6) is 5.75 Å². The molecule has 0 bridgehead atoms. The van der Waals surface area contributed by atoms with Crippen molar-refractivity contribution in [2.24, 2.45) is 5.92 Å². The van der Waals surface area contributed by atoms with Crippen LogP contribution in [-0.2, 0) is 26.2 Å². The van der Waals surface area contributed by atoms with Crippen molar-refractivity contribution in [1.82, 2.24) is 10.2 Å². The molecule has 0 spiro atoms. The maximum atomic E-state index is 13.7. The van der Waals surface area contributed by atoms with Crippen LogP contribution in [0.2, 0.25) is 10.0 Å². The summed E-state index contributed by atoms with van der Waals surface area (Å²) in [4.78, 5) is 28.2. The standard InChI is InChI=1S/C26H35Cl2N3O5S/c1-6-24(26(33)29-15-18(3)4)30(16-19-8-13-22(27)23(28)14-19)25(32)17-31(37(5,34)35)20-9-11-21(12-10-20)36-7-2/h8-14,18,24H,6-7,15-17H2,1-5H3,(H,29,33)/t24-/m0/s1. The van der Waals surface area contributed by atoms with Crippen molar-refractivity contribution in [2.75, 3.05) is 30.3 Å². The van der Waals surface area contributed by atoms with E-state index in [1.54, 1.807) is 49.4 Å². The number of sulfonamides is 1. The Balaban J connectivity index is 2.42. The number of benzene rings is 2. The first-order valence-electron chi connectivity index (χ1n) is 12.1. The van der Waals surface area contributed by atoms with Gasteiger partial charge >= 0.3 is 0 Å². The summed E-state index contributed by atoms with van der Waals surface area (Å²) in [6, 6.07) is 10.6. The molecule has 0 aliphatic heterocycles. The fourth-order valence-corrected chi connectivity index (χ4v) is 4.84. The van der Waals surface area contributed by atoms with Gasteiger partial charge in [0.15, 0.2) is 0 Å². The number of hydrogen-bond acceptors (Lipinski definition) is 5. The molecule has 0 radical (unpaired) electrons. The zero-order chi connectivity index (χ0) is 27.8. The van der Waals surface area contributed by atoms with E-state index in [2.05, 4.69) is 5.32 Å². The number of anilines is 1. The summed E-state index contributed by atoms with van der Waals surface area (Å²) in [5.74, 6) is -0.0327. The Labute approximate surface area is 229 Å². The molecule has 0 saturated carbocycles. The second-order valence-corrected chi connectivity index (χ2v) is 11.8. The molecular weight excluding hydrogens is 537 g/mol. The number of carbonyl (C=O) groups excluding carboxylic acids is 2. The summed E-state index contributed by atoms with van der Waals surface area (Å²) in [6.45, 7) is 8.07. The van der Waals surface area contributed by atoms with E-state index < -0.39 is 28.5 Å². The van der Waals surface area contributed by atoms with Gasteiger partial charge in [0.25, 0.3) is 0 Å². The van der Waals surface area contributed by atoms with Crippen molar-refractivity contribution in [2.45, 2.75) is 46.7 Å². The van der Waals surface area contributed by atoms with Gasteiger partial charge in [-0.15, -0.1) is 0 Å². The number of amides is 2. The van der Waals surface area contributed by atoms with E-state index in [0.717, 1.165) is 10.6 Å². The minimum atomic E-state index is -3.83. The summed E-state index contributed by atoms with van der Waals surface area (Å²) in [5, 5.41) is 3.56. The van der Waals surface area contributed by atoms with Gasteiger partial charge in [0.2, 0.25) is 21.8 Å². The second kappa shape index (κ2) is 13.9. The Kier molecular flexibility index (Phi) is 11.5. The van der Waals surface area contributed by atoms with Gasteiger partial charge in [0.1, 0.15) is 18.3 Å². The van der Waals surface area contributed by atoms with Crippen LogP contribution in [0.3, 0.4) is 0 Å². The van der Waals surface area contributed by atoms with Gasteiger partial charge < -0.3 is 15.0 Å². The monoisotopic (exact) mass is 571 g/mol. The molecule has 1 N–H and O–H groups in total. The first kappa shape index (κ1) is 30.7. The molecule has 0 aliphatic carbocycles. The van der Waals surface area contributed by atoms with Gasteiger partial charge in [-0.3, -0.25) is 13.9 Å². The largest absolute Gasteiger partial charge is 0.494 e. The Hall–Kier alpha value is -2.49. The molecule has 204 valence electrons. The highest BCUT2D eigenvalue weighted by atomic mass is 35.5. The lowest BCUT2D eigenvalue weighted by Gasteiger charge is -2.33. The zero-order valence-electron chi connectivity index (χ0n) is 21.8.